The molecule has 1 heterocycles. The summed E-state index contributed by atoms with van der Waals surface area (Å²) < 4.78 is 102. The van der Waals surface area contributed by atoms with Gasteiger partial charge in [-0.05, 0) is 60.0 Å². The minimum absolute atomic E-state index is 0.0608. The number of nitrogen functional groups attached to an aromatic ring is 1. The van der Waals surface area contributed by atoms with E-state index in [2.05, 4.69) is 15.0 Å². The van der Waals surface area contributed by atoms with E-state index in [-0.39, 0.29) is 64.0 Å². The number of hydrogen-bond acceptors (Lipinski definition) is 9. The predicted octanol–water partition coefficient (Wildman–Crippen LogP) is 5.89. The highest BCUT2D eigenvalue weighted by Crippen LogP contribution is 2.36. The van der Waals surface area contributed by atoms with E-state index >= 15 is 0 Å². The molecule has 0 aliphatic carbocycles. The number of nitro groups is 1. The van der Waals surface area contributed by atoms with Crippen molar-refractivity contribution in [2.45, 2.75) is 19.0 Å². The number of nitrogens with one attached hydrogen (secondary N) is 2. The van der Waals surface area contributed by atoms with Crippen molar-refractivity contribution in [2.75, 3.05) is 28.6 Å². The Hall–Kier alpha value is -5.52. The number of nitrogens with zero attached hydrogens (tertiary/aromatic N) is 2. The van der Waals surface area contributed by atoms with E-state index in [0.717, 1.165) is 36.4 Å². The Morgan fingerprint density at radius 3 is 2.36 bits per heavy atom. The first-order valence-corrected chi connectivity index (χ1v) is 14.9. The van der Waals surface area contributed by atoms with Crippen molar-refractivity contribution < 1.29 is 49.9 Å². The molecular weight excluding hydrogens is 657 g/mol. The monoisotopic (exact) mass is 681 g/mol. The fourth-order valence-electron chi connectivity index (χ4n) is 4.44. The molecule has 0 aliphatic rings. The number of aromatic nitrogens is 1. The topological polar surface area (TPSA) is 187 Å². The molecule has 4 rings (SSSR count). The number of pyridine rings is 1. The minimum Gasteiger partial charge on any atom is -0.481 e. The van der Waals surface area contributed by atoms with Gasteiger partial charge in [0, 0.05) is 30.3 Å². The number of methoxy groups -OCH3 is 1. The molecular formula is C29H24F5N5O7S. The first kappa shape index (κ1) is 34.4. The number of alkyl halides is 3. The van der Waals surface area contributed by atoms with Gasteiger partial charge in [0.05, 0.1) is 51.7 Å². The fraction of sp³-hybridized carbons (Fsp3) is 0.172. The van der Waals surface area contributed by atoms with Gasteiger partial charge in [-0.2, -0.15) is 13.2 Å². The summed E-state index contributed by atoms with van der Waals surface area (Å²) in [7, 11) is -2.94. The average molecular weight is 682 g/mol. The Morgan fingerprint density at radius 2 is 1.72 bits per heavy atom. The number of carboxylic acid groups (broad SMARTS) is 1. The number of carbonyl (C=O) groups is 1. The molecule has 0 unspecified atom stereocenters. The lowest BCUT2D eigenvalue weighted by atomic mass is 10.1. The highest BCUT2D eigenvalue weighted by molar-refractivity contribution is 7.92. The summed E-state index contributed by atoms with van der Waals surface area (Å²) in [6.07, 6.45) is -5.77. The minimum atomic E-state index is -5.17. The van der Waals surface area contributed by atoms with Gasteiger partial charge in [0.1, 0.15) is 11.6 Å². The van der Waals surface area contributed by atoms with E-state index < -0.39 is 67.7 Å². The van der Waals surface area contributed by atoms with Crippen LogP contribution in [0.2, 0.25) is 0 Å². The Labute approximate surface area is 263 Å². The number of carboxylic acids is 1. The van der Waals surface area contributed by atoms with E-state index in [1.165, 1.54) is 19.2 Å². The highest BCUT2D eigenvalue weighted by Gasteiger charge is 2.35. The van der Waals surface area contributed by atoms with Crippen LogP contribution in [0.15, 0.2) is 60.7 Å². The summed E-state index contributed by atoms with van der Waals surface area (Å²) in [6.45, 7) is 0. The van der Waals surface area contributed by atoms with Gasteiger partial charge in [-0.25, -0.2) is 27.0 Å². The molecule has 0 saturated heterocycles. The Bertz CT molecular complexity index is 1970. The van der Waals surface area contributed by atoms with E-state index in [0.29, 0.717) is 0 Å². The Balaban J connectivity index is 1.63. The molecule has 0 fully saturated rings. The van der Waals surface area contributed by atoms with Gasteiger partial charge >= 0.3 is 12.1 Å². The van der Waals surface area contributed by atoms with Crippen LogP contribution in [-0.4, -0.2) is 42.3 Å². The summed E-state index contributed by atoms with van der Waals surface area (Å²) in [4.78, 5) is 26.6. The molecule has 0 spiro atoms. The van der Waals surface area contributed by atoms with Gasteiger partial charge in [0.2, 0.25) is 15.9 Å². The highest BCUT2D eigenvalue weighted by atomic mass is 32.2. The summed E-state index contributed by atoms with van der Waals surface area (Å²) >= 11 is 0. The number of aromatic carboxylic acids is 1. The van der Waals surface area contributed by atoms with Crippen LogP contribution < -0.4 is 20.5 Å². The number of aryl methyl sites for hydroxylation is 1. The fourth-order valence-corrected chi connectivity index (χ4v) is 5.56. The van der Waals surface area contributed by atoms with Gasteiger partial charge in [0.25, 0.3) is 5.69 Å². The second kappa shape index (κ2) is 13.5. The lowest BCUT2D eigenvalue weighted by molar-refractivity contribution is -0.384. The molecule has 5 N–H and O–H groups in total. The number of benzene rings is 3. The van der Waals surface area contributed by atoms with E-state index in [9.17, 15) is 50.4 Å². The van der Waals surface area contributed by atoms with Crippen LogP contribution in [0.3, 0.4) is 0 Å². The molecule has 0 amide bonds. The second-order valence-electron chi connectivity index (χ2n) is 9.94. The second-order valence-corrected chi connectivity index (χ2v) is 11.8. The Kier molecular flexibility index (Phi) is 9.83. The molecule has 0 saturated carbocycles. The number of nitrogens with two attached hydrogens (primary N) is 1. The number of ether oxygens (including phenoxy) is 1. The molecule has 0 radical (unpaired) electrons. The SMILES string of the molecule is COc1ccc(N)c(Cc2cc([N+](=O)[O-])ccc2NS(=O)(=O)CCc2cc(F)ccc2Nc2cc(C(F)(F)F)c(F)cc2C(=O)O)n1. The molecule has 1 aromatic heterocycles. The zero-order chi connectivity index (χ0) is 34.7. The van der Waals surface area contributed by atoms with Crippen LogP contribution in [0.1, 0.15) is 32.7 Å². The zero-order valence-electron chi connectivity index (χ0n) is 24.1. The third-order valence-electron chi connectivity index (χ3n) is 6.74. The third-order valence-corrected chi connectivity index (χ3v) is 8.01. The first-order chi connectivity index (χ1) is 22.0. The van der Waals surface area contributed by atoms with Crippen molar-refractivity contribution >= 4 is 44.4 Å². The maximum absolute atomic E-state index is 14.2. The number of hydrogen-bond donors (Lipinski definition) is 4. The maximum atomic E-state index is 14.2. The van der Waals surface area contributed by atoms with Crippen molar-refractivity contribution in [3.63, 3.8) is 0 Å². The van der Waals surface area contributed by atoms with E-state index in [4.69, 9.17) is 10.5 Å². The summed E-state index contributed by atoms with van der Waals surface area (Å²) in [5, 5.41) is 23.3. The third kappa shape index (κ3) is 8.40. The van der Waals surface area contributed by atoms with E-state index in [1.807, 2.05) is 0 Å². The normalized spacial score (nSPS) is 11.6. The lowest BCUT2D eigenvalue weighted by Crippen LogP contribution is -2.20. The van der Waals surface area contributed by atoms with Crippen LogP contribution in [-0.2, 0) is 29.0 Å². The molecule has 248 valence electrons. The van der Waals surface area contributed by atoms with Crippen LogP contribution >= 0.6 is 0 Å². The van der Waals surface area contributed by atoms with Crippen molar-refractivity contribution in [2.24, 2.45) is 0 Å². The lowest BCUT2D eigenvalue weighted by Gasteiger charge is -2.17. The molecule has 18 heteroatoms. The predicted molar refractivity (Wildman–Crippen MR) is 160 cm³/mol. The van der Waals surface area contributed by atoms with Crippen molar-refractivity contribution in [1.29, 1.82) is 0 Å². The molecule has 0 atom stereocenters. The summed E-state index contributed by atoms with van der Waals surface area (Å²) in [5.41, 5.74) is 2.60. The smallest absolute Gasteiger partial charge is 0.419 e. The molecule has 3 aromatic carbocycles. The summed E-state index contributed by atoms with van der Waals surface area (Å²) in [6, 6.07) is 9.59. The number of non-ortho nitro benzene ring substituents is 1. The van der Waals surface area contributed by atoms with E-state index in [1.54, 1.807) is 0 Å². The molecule has 0 bridgehead atoms. The van der Waals surface area contributed by atoms with Gasteiger partial charge in [-0.1, -0.05) is 0 Å². The quantitative estimate of drug-likeness (QED) is 0.0797. The standard InChI is InChI=1S/C29H24F5N5O7S/c1-46-27-7-4-22(35)26(37-27)12-16-11-18(39(42)43)3-6-24(16)38-47(44,45)9-8-15-10-17(30)2-5-23(15)36-25-14-20(29(32,33)34)21(31)13-19(25)28(40)41/h2-7,10-11,13-14,36,38H,8-9,12,35H2,1H3,(H,40,41). The van der Waals surface area contributed by atoms with Crippen molar-refractivity contribution in [3.05, 3.63) is 110 Å². The first-order valence-electron chi connectivity index (χ1n) is 13.2. The van der Waals surface area contributed by atoms with Crippen LogP contribution in [0.5, 0.6) is 5.88 Å². The Morgan fingerprint density at radius 1 is 1.02 bits per heavy atom. The molecule has 0 aliphatic heterocycles. The number of nitro benzene ring substituents is 1. The molecule has 12 nitrogen and oxygen atoms in total. The van der Waals surface area contributed by atoms with Gasteiger partial charge in [-0.3, -0.25) is 14.8 Å². The average Bonchev–Trinajstić information content (AvgIpc) is 2.98. The zero-order valence-corrected chi connectivity index (χ0v) is 24.9. The molecule has 47 heavy (non-hydrogen) atoms. The summed E-state index contributed by atoms with van der Waals surface area (Å²) in [5.74, 6) is -4.98. The van der Waals surface area contributed by atoms with Crippen LogP contribution in [0, 0.1) is 21.7 Å². The van der Waals surface area contributed by atoms with Gasteiger partial charge in [0.15, 0.2) is 0 Å². The number of sulfonamides is 1. The molecule has 4 aromatic rings. The van der Waals surface area contributed by atoms with Crippen molar-refractivity contribution in [3.8, 4) is 5.88 Å². The van der Waals surface area contributed by atoms with Crippen molar-refractivity contribution in [1.82, 2.24) is 4.98 Å². The van der Waals surface area contributed by atoms with Gasteiger partial charge in [-0.15, -0.1) is 0 Å². The maximum Gasteiger partial charge on any atom is 0.419 e. The van der Waals surface area contributed by atoms with Gasteiger partial charge < -0.3 is 20.9 Å². The number of anilines is 4. The number of halogens is 5. The number of rotatable bonds is 12. The van der Waals surface area contributed by atoms with Crippen LogP contribution in [0.25, 0.3) is 0 Å². The van der Waals surface area contributed by atoms with Crippen LogP contribution in [0.4, 0.5) is 50.4 Å². The largest absolute Gasteiger partial charge is 0.481 e.